The molecule has 0 aliphatic carbocycles. The second-order valence-corrected chi connectivity index (χ2v) is 5.02. The Hall–Kier alpha value is -2.89. The van der Waals surface area contributed by atoms with Gasteiger partial charge in [-0.2, -0.15) is 0 Å². The summed E-state index contributed by atoms with van der Waals surface area (Å²) in [4.78, 5) is 24.3. The Morgan fingerprint density at radius 1 is 1.22 bits per heavy atom. The van der Waals surface area contributed by atoms with Gasteiger partial charge in [-0.1, -0.05) is 12.1 Å². The molecule has 2 amide bonds. The van der Waals surface area contributed by atoms with E-state index >= 15 is 0 Å². The Labute approximate surface area is 133 Å². The smallest absolute Gasteiger partial charge is 0.244 e. The highest BCUT2D eigenvalue weighted by molar-refractivity contribution is 5.94. The first-order chi connectivity index (χ1) is 11.0. The Balaban J connectivity index is 1.98. The minimum absolute atomic E-state index is 0.0746. The van der Waals surface area contributed by atoms with Crippen molar-refractivity contribution in [1.82, 2.24) is 10.2 Å². The van der Waals surface area contributed by atoms with Gasteiger partial charge in [-0.25, -0.2) is 4.39 Å². The van der Waals surface area contributed by atoms with Crippen LogP contribution in [0, 0.1) is 5.82 Å². The molecule has 2 aromatic rings. The van der Waals surface area contributed by atoms with Crippen LogP contribution in [0.15, 0.2) is 46.9 Å². The van der Waals surface area contributed by atoms with Crippen LogP contribution in [0.2, 0.25) is 0 Å². The monoisotopic (exact) mass is 316 g/mol. The molecule has 5 nitrogen and oxygen atoms in total. The van der Waals surface area contributed by atoms with Crippen molar-refractivity contribution in [3.63, 3.8) is 0 Å². The van der Waals surface area contributed by atoms with E-state index in [9.17, 15) is 14.0 Å². The molecule has 1 aromatic heterocycles. The second-order valence-electron chi connectivity index (χ2n) is 5.02. The number of carbonyl (C=O) groups is 2. The van der Waals surface area contributed by atoms with Crippen LogP contribution in [-0.2, 0) is 9.59 Å². The number of amides is 2. The summed E-state index contributed by atoms with van der Waals surface area (Å²) in [5.74, 6) is -0.198. The highest BCUT2D eigenvalue weighted by atomic mass is 19.1. The molecule has 2 rings (SSSR count). The van der Waals surface area contributed by atoms with E-state index in [1.807, 2.05) is 0 Å². The lowest BCUT2D eigenvalue weighted by Crippen LogP contribution is -2.35. The Bertz CT molecular complexity index is 735. The van der Waals surface area contributed by atoms with Gasteiger partial charge in [0.25, 0.3) is 0 Å². The number of hydrogen-bond acceptors (Lipinski definition) is 3. The van der Waals surface area contributed by atoms with Crippen molar-refractivity contribution in [2.24, 2.45) is 0 Å². The van der Waals surface area contributed by atoms with Gasteiger partial charge in [-0.3, -0.25) is 9.59 Å². The summed E-state index contributed by atoms with van der Waals surface area (Å²) in [5.41, 5.74) is 0.355. The van der Waals surface area contributed by atoms with Crippen molar-refractivity contribution in [2.75, 3.05) is 20.6 Å². The van der Waals surface area contributed by atoms with E-state index in [2.05, 4.69) is 5.32 Å². The quantitative estimate of drug-likeness (QED) is 0.861. The molecule has 6 heteroatoms. The number of furan rings is 1. The fourth-order valence-electron chi connectivity index (χ4n) is 1.79. The standard InChI is InChI=1S/C17H17FN2O3/c1-20(2)17(22)11-19-16(21)10-8-12-7-9-15(23-12)13-5-3-4-6-14(13)18/h3-10H,11H2,1-2H3,(H,19,21)/b10-8+. The topological polar surface area (TPSA) is 62.6 Å². The Kier molecular flexibility index (Phi) is 5.30. The molecule has 0 fully saturated rings. The van der Waals surface area contributed by atoms with Crippen LogP contribution in [0.4, 0.5) is 4.39 Å². The van der Waals surface area contributed by atoms with E-state index < -0.39 is 5.91 Å². The number of carbonyl (C=O) groups excluding carboxylic acids is 2. The Morgan fingerprint density at radius 2 is 1.96 bits per heavy atom. The number of halogens is 1. The van der Waals surface area contributed by atoms with E-state index in [0.717, 1.165) is 0 Å². The second kappa shape index (κ2) is 7.40. The first-order valence-electron chi connectivity index (χ1n) is 6.98. The minimum Gasteiger partial charge on any atom is -0.457 e. The van der Waals surface area contributed by atoms with Gasteiger partial charge in [0.15, 0.2) is 0 Å². The predicted octanol–water partition coefficient (Wildman–Crippen LogP) is 2.30. The molecule has 1 aromatic carbocycles. The Morgan fingerprint density at radius 3 is 2.65 bits per heavy atom. The predicted molar refractivity (Wildman–Crippen MR) is 84.8 cm³/mol. The van der Waals surface area contributed by atoms with E-state index in [1.165, 1.54) is 23.1 Å². The van der Waals surface area contributed by atoms with Gasteiger partial charge in [0.05, 0.1) is 12.1 Å². The molecule has 23 heavy (non-hydrogen) atoms. The highest BCUT2D eigenvalue weighted by Crippen LogP contribution is 2.25. The van der Waals surface area contributed by atoms with Crippen LogP contribution < -0.4 is 5.32 Å². The van der Waals surface area contributed by atoms with Crippen molar-refractivity contribution in [3.8, 4) is 11.3 Å². The van der Waals surface area contributed by atoms with Gasteiger partial charge in [0, 0.05) is 20.2 Å². The number of nitrogens with zero attached hydrogens (tertiary/aromatic N) is 1. The van der Waals surface area contributed by atoms with Gasteiger partial charge < -0.3 is 14.6 Å². The van der Waals surface area contributed by atoms with Crippen LogP contribution in [0.1, 0.15) is 5.76 Å². The number of nitrogens with one attached hydrogen (secondary N) is 1. The average Bonchev–Trinajstić information content (AvgIpc) is 2.99. The summed E-state index contributed by atoms with van der Waals surface area (Å²) in [6.07, 6.45) is 2.71. The fourth-order valence-corrected chi connectivity index (χ4v) is 1.79. The molecule has 0 aliphatic rings. The van der Waals surface area contributed by atoms with Gasteiger partial charge in [-0.15, -0.1) is 0 Å². The van der Waals surface area contributed by atoms with Gasteiger partial charge in [0.1, 0.15) is 17.3 Å². The first kappa shape index (κ1) is 16.5. The van der Waals surface area contributed by atoms with Gasteiger partial charge >= 0.3 is 0 Å². The average molecular weight is 316 g/mol. The number of hydrogen-bond donors (Lipinski definition) is 1. The summed E-state index contributed by atoms with van der Waals surface area (Å²) in [7, 11) is 3.22. The summed E-state index contributed by atoms with van der Waals surface area (Å²) in [6, 6.07) is 9.54. The van der Waals surface area contributed by atoms with Crippen LogP contribution in [0.25, 0.3) is 17.4 Å². The summed E-state index contributed by atoms with van der Waals surface area (Å²) in [5, 5.41) is 2.46. The lowest BCUT2D eigenvalue weighted by molar-refractivity contribution is -0.129. The lowest BCUT2D eigenvalue weighted by atomic mass is 10.1. The number of likely N-dealkylation sites (N-methyl/N-ethyl adjacent to an activating group) is 1. The van der Waals surface area contributed by atoms with Crippen molar-refractivity contribution in [3.05, 3.63) is 54.1 Å². The normalized spacial score (nSPS) is 10.7. The molecule has 120 valence electrons. The third-order valence-electron chi connectivity index (χ3n) is 3.08. The molecule has 0 unspecified atom stereocenters. The van der Waals surface area contributed by atoms with E-state index in [1.54, 1.807) is 44.4 Å². The fraction of sp³-hybridized carbons (Fsp3) is 0.176. The van der Waals surface area contributed by atoms with Gasteiger partial charge in [-0.05, 0) is 30.3 Å². The highest BCUT2D eigenvalue weighted by Gasteiger charge is 2.08. The van der Waals surface area contributed by atoms with Crippen molar-refractivity contribution < 1.29 is 18.4 Å². The number of rotatable bonds is 5. The molecule has 0 spiro atoms. The number of benzene rings is 1. The van der Waals surface area contributed by atoms with E-state index in [4.69, 9.17) is 4.42 Å². The van der Waals surface area contributed by atoms with E-state index in [-0.39, 0.29) is 18.3 Å². The molecule has 1 heterocycles. The molecule has 0 saturated heterocycles. The van der Waals surface area contributed by atoms with Crippen LogP contribution in [0.5, 0.6) is 0 Å². The molecule has 0 bridgehead atoms. The molecule has 0 atom stereocenters. The van der Waals surface area contributed by atoms with Gasteiger partial charge in [0.2, 0.25) is 11.8 Å². The zero-order valence-electron chi connectivity index (χ0n) is 12.9. The molecule has 0 aliphatic heterocycles. The first-order valence-corrected chi connectivity index (χ1v) is 6.98. The molecule has 0 saturated carbocycles. The van der Waals surface area contributed by atoms with Crippen LogP contribution >= 0.6 is 0 Å². The zero-order valence-corrected chi connectivity index (χ0v) is 12.9. The molecular formula is C17H17FN2O3. The van der Waals surface area contributed by atoms with Crippen molar-refractivity contribution >= 4 is 17.9 Å². The molecule has 0 radical (unpaired) electrons. The third-order valence-corrected chi connectivity index (χ3v) is 3.08. The SMILES string of the molecule is CN(C)C(=O)CNC(=O)/C=C/c1ccc(-c2ccccc2F)o1. The maximum Gasteiger partial charge on any atom is 0.244 e. The van der Waals surface area contributed by atoms with E-state index in [0.29, 0.717) is 17.1 Å². The molecular weight excluding hydrogens is 299 g/mol. The van der Waals surface area contributed by atoms with Crippen molar-refractivity contribution in [2.45, 2.75) is 0 Å². The van der Waals surface area contributed by atoms with Crippen LogP contribution in [-0.4, -0.2) is 37.4 Å². The minimum atomic E-state index is -0.413. The maximum atomic E-state index is 13.7. The summed E-state index contributed by atoms with van der Waals surface area (Å²) >= 11 is 0. The summed E-state index contributed by atoms with van der Waals surface area (Å²) < 4.78 is 19.1. The molecule has 1 N–H and O–H groups in total. The van der Waals surface area contributed by atoms with Crippen molar-refractivity contribution in [1.29, 1.82) is 0 Å². The zero-order chi connectivity index (χ0) is 16.8. The lowest BCUT2D eigenvalue weighted by Gasteiger charge is -2.09. The summed E-state index contributed by atoms with van der Waals surface area (Å²) in [6.45, 7) is -0.0746. The third kappa shape index (κ3) is 4.54. The maximum absolute atomic E-state index is 13.7. The van der Waals surface area contributed by atoms with Crippen LogP contribution in [0.3, 0.4) is 0 Å². The largest absolute Gasteiger partial charge is 0.457 e.